The number of sulfonamides is 1. The lowest BCUT2D eigenvalue weighted by Crippen LogP contribution is -2.52. The van der Waals surface area contributed by atoms with Gasteiger partial charge in [-0.3, -0.25) is 13.9 Å². The standard InChI is InChI=1S/C31H37Cl2N3O4S/c1-6-29(31(38)34-18-21(2)3)35(19-24-11-16-27(32)28(33)17-24)30(37)20-36(25-12-7-22(4)8-13-25)41(39,40)26-14-9-23(5)10-15-26/h7-17,21,29H,6,18-20H2,1-5H3,(H,34,38)/t29-/m0/s1. The number of halogens is 2. The molecule has 0 aromatic heterocycles. The van der Waals surface area contributed by atoms with Gasteiger partial charge in [0.2, 0.25) is 11.8 Å². The Morgan fingerprint density at radius 2 is 1.46 bits per heavy atom. The first-order chi connectivity index (χ1) is 19.3. The number of carbonyl (C=O) groups excluding carboxylic acids is 2. The molecule has 41 heavy (non-hydrogen) atoms. The molecule has 10 heteroatoms. The molecule has 0 aliphatic heterocycles. The lowest BCUT2D eigenvalue weighted by atomic mass is 10.1. The number of amides is 2. The molecule has 7 nitrogen and oxygen atoms in total. The predicted octanol–water partition coefficient (Wildman–Crippen LogP) is 6.39. The number of nitrogens with one attached hydrogen (secondary N) is 1. The van der Waals surface area contributed by atoms with Gasteiger partial charge in [-0.05, 0) is 68.1 Å². The molecule has 0 radical (unpaired) electrons. The Bertz CT molecular complexity index is 1460. The van der Waals surface area contributed by atoms with Crippen LogP contribution < -0.4 is 9.62 Å². The second kappa shape index (κ2) is 14.2. The molecule has 220 valence electrons. The summed E-state index contributed by atoms with van der Waals surface area (Å²) in [6.45, 7) is 9.52. The molecule has 0 saturated heterocycles. The largest absolute Gasteiger partial charge is 0.354 e. The van der Waals surface area contributed by atoms with Crippen molar-refractivity contribution in [3.05, 3.63) is 93.5 Å². The molecule has 1 atom stereocenters. The fourth-order valence-corrected chi connectivity index (χ4v) is 5.99. The van der Waals surface area contributed by atoms with Gasteiger partial charge in [-0.25, -0.2) is 8.42 Å². The number of nitrogens with zero attached hydrogens (tertiary/aromatic N) is 2. The van der Waals surface area contributed by atoms with E-state index in [-0.39, 0.29) is 23.3 Å². The lowest BCUT2D eigenvalue weighted by molar-refractivity contribution is -0.140. The second-order valence-corrected chi connectivity index (χ2v) is 13.2. The maximum absolute atomic E-state index is 14.1. The number of carbonyl (C=O) groups is 2. The van der Waals surface area contributed by atoms with Crippen LogP contribution in [-0.4, -0.2) is 44.3 Å². The van der Waals surface area contributed by atoms with Crippen molar-refractivity contribution in [2.24, 2.45) is 5.92 Å². The summed E-state index contributed by atoms with van der Waals surface area (Å²) >= 11 is 12.4. The lowest BCUT2D eigenvalue weighted by Gasteiger charge is -2.33. The van der Waals surface area contributed by atoms with Gasteiger partial charge in [0.05, 0.1) is 20.6 Å². The van der Waals surface area contributed by atoms with Gasteiger partial charge in [0.1, 0.15) is 12.6 Å². The molecule has 0 fully saturated rings. The molecule has 0 bridgehead atoms. The normalized spacial score (nSPS) is 12.2. The van der Waals surface area contributed by atoms with Gasteiger partial charge >= 0.3 is 0 Å². The Morgan fingerprint density at radius 3 is 2.00 bits per heavy atom. The van der Waals surface area contributed by atoms with E-state index >= 15 is 0 Å². The van der Waals surface area contributed by atoms with E-state index in [0.717, 1.165) is 15.4 Å². The summed E-state index contributed by atoms with van der Waals surface area (Å²) in [6.07, 6.45) is 0.326. The highest BCUT2D eigenvalue weighted by Crippen LogP contribution is 2.27. The van der Waals surface area contributed by atoms with Crippen LogP contribution in [0.15, 0.2) is 71.6 Å². The first-order valence-corrected chi connectivity index (χ1v) is 15.7. The first kappa shape index (κ1) is 32.4. The van der Waals surface area contributed by atoms with Crippen LogP contribution in [0.5, 0.6) is 0 Å². The number of rotatable bonds is 12. The van der Waals surface area contributed by atoms with Gasteiger partial charge in [0.15, 0.2) is 0 Å². The summed E-state index contributed by atoms with van der Waals surface area (Å²) in [7, 11) is -4.12. The molecule has 0 unspecified atom stereocenters. The Kier molecular flexibility index (Phi) is 11.2. The van der Waals surface area contributed by atoms with Gasteiger partial charge in [-0.1, -0.05) is 85.4 Å². The third kappa shape index (κ3) is 8.47. The molecule has 3 aromatic rings. The van der Waals surface area contributed by atoms with E-state index in [0.29, 0.717) is 34.3 Å². The first-order valence-electron chi connectivity index (χ1n) is 13.5. The van der Waals surface area contributed by atoms with E-state index in [4.69, 9.17) is 23.2 Å². The third-order valence-corrected chi connectivity index (χ3v) is 9.14. The van der Waals surface area contributed by atoms with Crippen LogP contribution in [0.25, 0.3) is 0 Å². The molecule has 0 saturated carbocycles. The fraction of sp³-hybridized carbons (Fsp3) is 0.355. The highest BCUT2D eigenvalue weighted by molar-refractivity contribution is 7.92. The van der Waals surface area contributed by atoms with E-state index in [1.807, 2.05) is 34.6 Å². The molecule has 1 N–H and O–H groups in total. The zero-order chi connectivity index (χ0) is 30.3. The van der Waals surface area contributed by atoms with E-state index < -0.39 is 28.5 Å². The molecule has 3 aromatic carbocycles. The van der Waals surface area contributed by atoms with Crippen LogP contribution >= 0.6 is 23.2 Å². The monoisotopic (exact) mass is 617 g/mol. The number of benzene rings is 3. The maximum atomic E-state index is 14.1. The fourth-order valence-electron chi connectivity index (χ4n) is 4.25. The number of hydrogen-bond donors (Lipinski definition) is 1. The Hall–Kier alpha value is -3.07. The molecule has 0 aliphatic rings. The van der Waals surface area contributed by atoms with Crippen LogP contribution in [-0.2, 0) is 26.2 Å². The van der Waals surface area contributed by atoms with Crippen molar-refractivity contribution in [3.8, 4) is 0 Å². The van der Waals surface area contributed by atoms with Crippen molar-refractivity contribution < 1.29 is 18.0 Å². The smallest absolute Gasteiger partial charge is 0.264 e. The minimum absolute atomic E-state index is 0.0373. The van der Waals surface area contributed by atoms with Gasteiger partial charge in [-0.2, -0.15) is 0 Å². The quantitative estimate of drug-likeness (QED) is 0.255. The molecule has 0 aliphatic carbocycles. The van der Waals surface area contributed by atoms with Gasteiger partial charge < -0.3 is 10.2 Å². The van der Waals surface area contributed by atoms with E-state index in [9.17, 15) is 18.0 Å². The SMILES string of the molecule is CC[C@@H](C(=O)NCC(C)C)N(Cc1ccc(Cl)c(Cl)c1)C(=O)CN(c1ccc(C)cc1)S(=O)(=O)c1ccc(C)cc1. The van der Waals surface area contributed by atoms with Crippen molar-refractivity contribution in [2.45, 2.75) is 58.5 Å². The summed E-state index contributed by atoms with van der Waals surface area (Å²) in [5.41, 5.74) is 2.86. The molecule has 0 heterocycles. The highest BCUT2D eigenvalue weighted by atomic mass is 35.5. The topological polar surface area (TPSA) is 86.8 Å². The second-order valence-electron chi connectivity index (χ2n) is 10.5. The summed E-state index contributed by atoms with van der Waals surface area (Å²) < 4.78 is 28.9. The highest BCUT2D eigenvalue weighted by Gasteiger charge is 2.33. The van der Waals surface area contributed by atoms with Crippen LogP contribution in [0.1, 0.15) is 43.9 Å². The van der Waals surface area contributed by atoms with Crippen molar-refractivity contribution in [1.82, 2.24) is 10.2 Å². The Morgan fingerprint density at radius 1 is 0.878 bits per heavy atom. The maximum Gasteiger partial charge on any atom is 0.264 e. The zero-order valence-corrected chi connectivity index (χ0v) is 26.4. The molecular weight excluding hydrogens is 581 g/mol. The van der Waals surface area contributed by atoms with Crippen LogP contribution in [0.3, 0.4) is 0 Å². The average molecular weight is 619 g/mol. The van der Waals surface area contributed by atoms with E-state index in [2.05, 4.69) is 5.32 Å². The van der Waals surface area contributed by atoms with Gasteiger partial charge in [0.25, 0.3) is 10.0 Å². The minimum atomic E-state index is -4.12. The summed E-state index contributed by atoms with van der Waals surface area (Å²) in [5, 5.41) is 3.60. The number of anilines is 1. The van der Waals surface area contributed by atoms with E-state index in [1.165, 1.54) is 17.0 Å². The van der Waals surface area contributed by atoms with Crippen LogP contribution in [0.2, 0.25) is 10.0 Å². The average Bonchev–Trinajstić information content (AvgIpc) is 2.93. The van der Waals surface area contributed by atoms with Gasteiger partial charge in [0, 0.05) is 13.1 Å². The molecular formula is C31H37Cl2N3O4S. The van der Waals surface area contributed by atoms with E-state index in [1.54, 1.807) is 54.6 Å². The van der Waals surface area contributed by atoms with Crippen molar-refractivity contribution in [3.63, 3.8) is 0 Å². The summed E-state index contributed by atoms with van der Waals surface area (Å²) in [4.78, 5) is 28.9. The summed E-state index contributed by atoms with van der Waals surface area (Å²) in [5.74, 6) is -0.621. The summed E-state index contributed by atoms with van der Waals surface area (Å²) in [6, 6.07) is 17.6. The van der Waals surface area contributed by atoms with Crippen molar-refractivity contribution in [1.29, 1.82) is 0 Å². The van der Waals surface area contributed by atoms with Crippen LogP contribution in [0, 0.1) is 19.8 Å². The van der Waals surface area contributed by atoms with Gasteiger partial charge in [-0.15, -0.1) is 0 Å². The minimum Gasteiger partial charge on any atom is -0.354 e. The third-order valence-electron chi connectivity index (χ3n) is 6.62. The molecule has 3 rings (SSSR count). The molecule has 0 spiro atoms. The number of aryl methyl sites for hydroxylation is 2. The molecule has 2 amide bonds. The Balaban J connectivity index is 2.05. The Labute approximate surface area is 253 Å². The zero-order valence-electron chi connectivity index (χ0n) is 24.0. The number of hydrogen-bond acceptors (Lipinski definition) is 4. The van der Waals surface area contributed by atoms with Crippen molar-refractivity contribution in [2.75, 3.05) is 17.4 Å². The van der Waals surface area contributed by atoms with Crippen molar-refractivity contribution >= 4 is 50.7 Å². The predicted molar refractivity (Wildman–Crippen MR) is 166 cm³/mol. The van der Waals surface area contributed by atoms with Crippen LogP contribution in [0.4, 0.5) is 5.69 Å².